The summed E-state index contributed by atoms with van der Waals surface area (Å²) in [5.41, 5.74) is 3.92. The van der Waals surface area contributed by atoms with E-state index in [9.17, 15) is 14.7 Å². The van der Waals surface area contributed by atoms with Gasteiger partial charge in [0.25, 0.3) is 5.78 Å². The van der Waals surface area contributed by atoms with E-state index in [1.54, 1.807) is 24.3 Å². The fourth-order valence-corrected chi connectivity index (χ4v) is 6.00. The van der Waals surface area contributed by atoms with Gasteiger partial charge in [0.15, 0.2) is 5.13 Å². The molecule has 0 saturated carbocycles. The number of rotatable bonds is 8. The van der Waals surface area contributed by atoms with E-state index in [4.69, 9.17) is 14.5 Å². The number of aliphatic hydroxyl groups excluding tert-OH is 1. The van der Waals surface area contributed by atoms with Crippen molar-refractivity contribution < 1.29 is 24.2 Å². The molecule has 1 atom stereocenters. The summed E-state index contributed by atoms with van der Waals surface area (Å²) in [7, 11) is 0. The third kappa shape index (κ3) is 5.00. The van der Waals surface area contributed by atoms with E-state index in [0.29, 0.717) is 41.0 Å². The maximum absolute atomic E-state index is 13.6. The lowest BCUT2D eigenvalue weighted by Crippen LogP contribution is -2.29. The highest BCUT2D eigenvalue weighted by Gasteiger charge is 2.48. The topological polar surface area (TPSA) is 89.0 Å². The van der Waals surface area contributed by atoms with Crippen molar-refractivity contribution in [1.29, 1.82) is 0 Å². The van der Waals surface area contributed by atoms with Gasteiger partial charge in [-0.25, -0.2) is 4.98 Å². The number of nitrogens with zero attached hydrogens (tertiary/aromatic N) is 2. The Morgan fingerprint density at radius 3 is 2.49 bits per heavy atom. The number of aromatic nitrogens is 1. The van der Waals surface area contributed by atoms with Crippen LogP contribution < -0.4 is 14.4 Å². The first kappa shape index (κ1) is 26.4. The van der Waals surface area contributed by atoms with Crippen LogP contribution in [0, 0.1) is 13.8 Å². The fraction of sp³-hybridized carbons (Fsp3) is 0.258. The van der Waals surface area contributed by atoms with Crippen LogP contribution in [0.2, 0.25) is 0 Å². The van der Waals surface area contributed by atoms with Crippen LogP contribution in [-0.2, 0) is 9.59 Å². The van der Waals surface area contributed by atoms with Gasteiger partial charge in [0, 0.05) is 5.56 Å². The molecule has 1 fully saturated rings. The number of aryl methyl sites for hydroxylation is 2. The summed E-state index contributed by atoms with van der Waals surface area (Å²) in [6.45, 7) is 8.92. The molecule has 3 aromatic carbocycles. The third-order valence-electron chi connectivity index (χ3n) is 6.56. The Kier molecular flexibility index (Phi) is 7.39. The smallest absolute Gasteiger partial charge is 0.301 e. The van der Waals surface area contributed by atoms with Gasteiger partial charge in [-0.2, -0.15) is 0 Å². The maximum Gasteiger partial charge on any atom is 0.301 e. The third-order valence-corrected chi connectivity index (χ3v) is 7.56. The number of hydrogen-bond acceptors (Lipinski definition) is 7. The second-order valence-corrected chi connectivity index (χ2v) is 10.5. The first-order chi connectivity index (χ1) is 18.8. The summed E-state index contributed by atoms with van der Waals surface area (Å²) < 4.78 is 12.3. The number of carbonyl (C=O) groups excluding carboxylic acids is 2. The van der Waals surface area contributed by atoms with Crippen molar-refractivity contribution in [2.24, 2.45) is 0 Å². The number of ketones is 1. The Morgan fingerprint density at radius 2 is 1.77 bits per heavy atom. The number of anilines is 1. The van der Waals surface area contributed by atoms with Crippen LogP contribution in [0.1, 0.15) is 48.6 Å². The number of aliphatic hydroxyl groups is 1. The van der Waals surface area contributed by atoms with Gasteiger partial charge in [0.1, 0.15) is 17.3 Å². The molecule has 1 aliphatic rings. The Labute approximate surface area is 231 Å². The van der Waals surface area contributed by atoms with Crippen LogP contribution in [0.15, 0.2) is 66.2 Å². The van der Waals surface area contributed by atoms with Crippen LogP contribution in [-0.4, -0.2) is 35.0 Å². The second kappa shape index (κ2) is 10.9. The lowest BCUT2D eigenvalue weighted by molar-refractivity contribution is -0.132. The van der Waals surface area contributed by atoms with Crippen molar-refractivity contribution in [3.8, 4) is 11.5 Å². The quantitative estimate of drug-likeness (QED) is 0.151. The summed E-state index contributed by atoms with van der Waals surface area (Å²) in [6, 6.07) is 17.3. The molecule has 1 aliphatic heterocycles. The highest BCUT2D eigenvalue weighted by Crippen LogP contribution is 2.45. The van der Waals surface area contributed by atoms with Crippen molar-refractivity contribution >= 4 is 44.1 Å². The van der Waals surface area contributed by atoms with Crippen LogP contribution in [0.3, 0.4) is 0 Å². The zero-order valence-corrected chi connectivity index (χ0v) is 23.2. The average Bonchev–Trinajstić information content (AvgIpc) is 3.46. The SMILES string of the molecule is CCCOc1ccc(C2/C(=C(\O)c3cccc(OCC)c3)C(=O)C(=O)N2c2nc3c(C)cc(C)cc3s2)cc1. The van der Waals surface area contributed by atoms with E-state index in [0.717, 1.165) is 27.8 Å². The Hall–Kier alpha value is -4.17. The highest BCUT2D eigenvalue weighted by atomic mass is 32.1. The zero-order valence-electron chi connectivity index (χ0n) is 22.4. The molecule has 1 saturated heterocycles. The van der Waals surface area contributed by atoms with Crippen LogP contribution in [0.4, 0.5) is 5.13 Å². The van der Waals surface area contributed by atoms with Crippen molar-refractivity contribution in [3.63, 3.8) is 0 Å². The minimum absolute atomic E-state index is 0.00281. The fourth-order valence-electron chi connectivity index (χ4n) is 4.83. The van der Waals surface area contributed by atoms with E-state index in [1.165, 1.54) is 16.2 Å². The summed E-state index contributed by atoms with van der Waals surface area (Å²) in [5.74, 6) is -0.517. The average molecular weight is 543 g/mol. The number of Topliss-reactive ketones (excluding diaryl/α,β-unsaturated/α-hetero) is 1. The zero-order chi connectivity index (χ0) is 27.7. The minimum atomic E-state index is -0.872. The van der Waals surface area contributed by atoms with Crippen LogP contribution in [0.25, 0.3) is 16.0 Å². The Balaban J connectivity index is 1.68. The molecule has 2 heterocycles. The van der Waals surface area contributed by atoms with Gasteiger partial charge in [-0.05, 0) is 74.2 Å². The maximum atomic E-state index is 13.6. The van der Waals surface area contributed by atoms with E-state index in [1.807, 2.05) is 64.1 Å². The summed E-state index contributed by atoms with van der Waals surface area (Å²) in [4.78, 5) is 33.3. The van der Waals surface area contributed by atoms with E-state index in [2.05, 4.69) is 0 Å². The van der Waals surface area contributed by atoms with Crippen LogP contribution >= 0.6 is 11.3 Å². The standard InChI is InChI=1S/C31H30N2O5S/c1-5-14-38-22-12-10-20(11-13-22)27-25(28(34)21-8-7-9-23(17-21)37-6-2)29(35)30(36)33(27)31-32-26-19(4)15-18(3)16-24(26)39-31/h7-13,15-17,27,34H,5-6,14H2,1-4H3/b28-25+. The first-order valence-corrected chi connectivity index (χ1v) is 13.8. The van der Waals surface area contributed by atoms with Gasteiger partial charge in [-0.15, -0.1) is 0 Å². The van der Waals surface area contributed by atoms with Crippen molar-refractivity contribution in [3.05, 3.63) is 88.5 Å². The molecular formula is C31H30N2O5S. The molecular weight excluding hydrogens is 512 g/mol. The monoisotopic (exact) mass is 542 g/mol. The summed E-state index contributed by atoms with van der Waals surface area (Å²) in [6.07, 6.45) is 0.874. The molecule has 0 bridgehead atoms. The number of thiazole rings is 1. The number of benzene rings is 3. The van der Waals surface area contributed by atoms with Crippen LogP contribution in [0.5, 0.6) is 11.5 Å². The molecule has 1 amide bonds. The molecule has 1 N–H and O–H groups in total. The first-order valence-electron chi connectivity index (χ1n) is 13.0. The Morgan fingerprint density at radius 1 is 1.00 bits per heavy atom. The molecule has 5 rings (SSSR count). The lowest BCUT2D eigenvalue weighted by atomic mass is 9.95. The lowest BCUT2D eigenvalue weighted by Gasteiger charge is -2.23. The molecule has 200 valence electrons. The predicted octanol–water partition coefficient (Wildman–Crippen LogP) is 6.73. The second-order valence-electron chi connectivity index (χ2n) is 9.47. The molecule has 7 nitrogen and oxygen atoms in total. The van der Waals surface area contributed by atoms with Crippen molar-refractivity contribution in [2.75, 3.05) is 18.1 Å². The molecule has 4 aromatic rings. The van der Waals surface area contributed by atoms with Gasteiger partial charge in [0.2, 0.25) is 0 Å². The van der Waals surface area contributed by atoms with E-state index in [-0.39, 0.29) is 11.3 Å². The molecule has 1 unspecified atom stereocenters. The van der Waals surface area contributed by atoms with Gasteiger partial charge in [-0.1, -0.05) is 48.6 Å². The molecule has 0 spiro atoms. The number of fused-ring (bicyclic) bond motifs is 1. The van der Waals surface area contributed by atoms with Gasteiger partial charge in [0.05, 0.1) is 35.0 Å². The molecule has 0 aliphatic carbocycles. The van der Waals surface area contributed by atoms with Crippen molar-refractivity contribution in [2.45, 2.75) is 40.2 Å². The summed E-state index contributed by atoms with van der Waals surface area (Å²) >= 11 is 1.35. The normalized spacial score (nSPS) is 16.7. The van der Waals surface area contributed by atoms with Gasteiger partial charge in [-0.3, -0.25) is 14.5 Å². The number of ether oxygens (including phenoxy) is 2. The number of carbonyl (C=O) groups is 2. The Bertz CT molecular complexity index is 1590. The van der Waals surface area contributed by atoms with E-state index >= 15 is 0 Å². The predicted molar refractivity (Wildman–Crippen MR) is 154 cm³/mol. The molecule has 0 radical (unpaired) electrons. The van der Waals surface area contributed by atoms with Gasteiger partial charge < -0.3 is 14.6 Å². The molecule has 8 heteroatoms. The van der Waals surface area contributed by atoms with Crippen molar-refractivity contribution in [1.82, 2.24) is 4.98 Å². The highest BCUT2D eigenvalue weighted by molar-refractivity contribution is 7.22. The van der Waals surface area contributed by atoms with E-state index < -0.39 is 17.7 Å². The van der Waals surface area contributed by atoms with Gasteiger partial charge >= 0.3 is 5.91 Å². The number of amides is 1. The largest absolute Gasteiger partial charge is 0.507 e. The minimum Gasteiger partial charge on any atom is -0.507 e. The summed E-state index contributed by atoms with van der Waals surface area (Å²) in [5, 5.41) is 11.9. The molecule has 1 aromatic heterocycles. The molecule has 39 heavy (non-hydrogen) atoms. The number of hydrogen-bond donors (Lipinski definition) is 1.